The van der Waals surface area contributed by atoms with Gasteiger partial charge in [-0.25, -0.2) is 0 Å². The fraction of sp³-hybridized carbons (Fsp3) is 0.353. The summed E-state index contributed by atoms with van der Waals surface area (Å²) in [6, 6.07) is 14.4. The molecule has 0 amide bonds. The fourth-order valence-electron chi connectivity index (χ4n) is 2.09. The first-order chi connectivity index (χ1) is 8.93. The van der Waals surface area contributed by atoms with E-state index in [9.17, 15) is 4.79 Å². The third-order valence-electron chi connectivity index (χ3n) is 4.03. The molecule has 100 valence electrons. The smallest absolute Gasteiger partial charge is 0.156 e. The Balaban J connectivity index is 2.35. The number of fused-ring (bicyclic) bond motifs is 1. The van der Waals surface area contributed by atoms with Gasteiger partial charge in [-0.3, -0.25) is 9.69 Å². The first-order valence-electron chi connectivity index (χ1n) is 6.60. The molecule has 0 bridgehead atoms. The fourth-order valence-corrected chi connectivity index (χ4v) is 2.09. The van der Waals surface area contributed by atoms with Crippen LogP contribution in [0.5, 0.6) is 0 Å². The Morgan fingerprint density at radius 2 is 1.68 bits per heavy atom. The molecule has 2 nitrogen and oxygen atoms in total. The molecule has 2 aromatic carbocycles. The summed E-state index contributed by atoms with van der Waals surface area (Å²) in [5.41, 5.74) is 0.676. The van der Waals surface area contributed by atoms with Gasteiger partial charge >= 0.3 is 0 Å². The van der Waals surface area contributed by atoms with Gasteiger partial charge in [0.1, 0.15) is 0 Å². The second-order valence-electron chi connectivity index (χ2n) is 5.69. The van der Waals surface area contributed by atoms with Crippen molar-refractivity contribution in [3.05, 3.63) is 48.0 Å². The SMILES string of the molecule is CN(C)C(C)(C)C(=O)Cc1cccc2ccccc12. The second kappa shape index (κ2) is 5.14. The summed E-state index contributed by atoms with van der Waals surface area (Å²) in [7, 11) is 3.89. The van der Waals surface area contributed by atoms with Crippen molar-refractivity contribution in [2.75, 3.05) is 14.1 Å². The quantitative estimate of drug-likeness (QED) is 0.835. The van der Waals surface area contributed by atoms with Gasteiger partial charge in [-0.05, 0) is 44.3 Å². The number of hydrogen-bond donors (Lipinski definition) is 0. The molecule has 0 unspecified atom stereocenters. The number of hydrogen-bond acceptors (Lipinski definition) is 2. The third-order valence-corrected chi connectivity index (χ3v) is 4.03. The van der Waals surface area contributed by atoms with Crippen molar-refractivity contribution in [2.45, 2.75) is 25.8 Å². The van der Waals surface area contributed by atoms with Crippen LogP contribution >= 0.6 is 0 Å². The zero-order chi connectivity index (χ0) is 14.0. The summed E-state index contributed by atoms with van der Waals surface area (Å²) < 4.78 is 0. The number of likely N-dealkylation sites (N-methyl/N-ethyl adjacent to an activating group) is 1. The highest BCUT2D eigenvalue weighted by atomic mass is 16.1. The number of rotatable bonds is 4. The molecule has 0 spiro atoms. The van der Waals surface area contributed by atoms with Crippen molar-refractivity contribution < 1.29 is 4.79 Å². The molecule has 0 heterocycles. The van der Waals surface area contributed by atoms with Gasteiger partial charge in [-0.1, -0.05) is 42.5 Å². The highest BCUT2D eigenvalue weighted by Gasteiger charge is 2.29. The van der Waals surface area contributed by atoms with Gasteiger partial charge in [-0.2, -0.15) is 0 Å². The zero-order valence-electron chi connectivity index (χ0n) is 12.1. The van der Waals surface area contributed by atoms with Crippen LogP contribution in [-0.2, 0) is 11.2 Å². The zero-order valence-corrected chi connectivity index (χ0v) is 12.1. The van der Waals surface area contributed by atoms with Crippen LogP contribution in [0.2, 0.25) is 0 Å². The number of ketones is 1. The van der Waals surface area contributed by atoms with E-state index in [-0.39, 0.29) is 5.78 Å². The number of benzene rings is 2. The predicted octanol–water partition coefficient (Wildman–Crippen LogP) is 3.29. The predicted molar refractivity (Wildman–Crippen MR) is 80.4 cm³/mol. The first kappa shape index (κ1) is 13.8. The molecule has 19 heavy (non-hydrogen) atoms. The van der Waals surface area contributed by atoms with E-state index in [0.717, 1.165) is 5.56 Å². The van der Waals surface area contributed by atoms with Crippen molar-refractivity contribution in [3.63, 3.8) is 0 Å². The van der Waals surface area contributed by atoms with Gasteiger partial charge in [0, 0.05) is 6.42 Å². The summed E-state index contributed by atoms with van der Waals surface area (Å²) >= 11 is 0. The molecule has 0 saturated heterocycles. The van der Waals surface area contributed by atoms with E-state index in [1.165, 1.54) is 10.8 Å². The number of Topliss-reactive ketones (excluding diaryl/α,β-unsaturated/α-hetero) is 1. The Kier molecular flexibility index (Phi) is 3.72. The van der Waals surface area contributed by atoms with Gasteiger partial charge in [0.25, 0.3) is 0 Å². The molecule has 0 radical (unpaired) electrons. The van der Waals surface area contributed by atoms with Gasteiger partial charge in [0.2, 0.25) is 0 Å². The van der Waals surface area contributed by atoms with Crippen LogP contribution in [0.25, 0.3) is 10.8 Å². The summed E-state index contributed by atoms with van der Waals surface area (Å²) in [4.78, 5) is 14.5. The van der Waals surface area contributed by atoms with Crippen LogP contribution in [0, 0.1) is 0 Å². The Morgan fingerprint density at radius 3 is 2.37 bits per heavy atom. The summed E-state index contributed by atoms with van der Waals surface area (Å²) in [5.74, 6) is 0.244. The van der Waals surface area contributed by atoms with E-state index < -0.39 is 5.54 Å². The van der Waals surface area contributed by atoms with Crippen molar-refractivity contribution in [1.82, 2.24) is 4.90 Å². The van der Waals surface area contributed by atoms with E-state index >= 15 is 0 Å². The minimum absolute atomic E-state index is 0.244. The first-order valence-corrected chi connectivity index (χ1v) is 6.60. The summed E-state index contributed by atoms with van der Waals surface area (Å²) in [6.45, 7) is 3.95. The van der Waals surface area contributed by atoms with Crippen LogP contribution < -0.4 is 0 Å². The van der Waals surface area contributed by atoms with E-state index in [1.807, 2.05) is 57.1 Å². The highest BCUT2D eigenvalue weighted by molar-refractivity contribution is 5.94. The summed E-state index contributed by atoms with van der Waals surface area (Å²) in [6.07, 6.45) is 0.479. The maximum Gasteiger partial charge on any atom is 0.156 e. The highest BCUT2D eigenvalue weighted by Crippen LogP contribution is 2.22. The average Bonchev–Trinajstić information content (AvgIpc) is 2.39. The minimum atomic E-state index is -0.434. The number of nitrogens with zero attached hydrogens (tertiary/aromatic N) is 1. The molecule has 2 heteroatoms. The number of carbonyl (C=O) groups is 1. The summed E-state index contributed by atoms with van der Waals surface area (Å²) in [5, 5.41) is 2.36. The Morgan fingerprint density at radius 1 is 1.05 bits per heavy atom. The van der Waals surface area contributed by atoms with Gasteiger partial charge in [0.05, 0.1) is 5.54 Å². The molecular formula is C17H21NO. The monoisotopic (exact) mass is 255 g/mol. The number of carbonyl (C=O) groups excluding carboxylic acids is 1. The molecule has 0 aromatic heterocycles. The largest absolute Gasteiger partial charge is 0.298 e. The van der Waals surface area contributed by atoms with Crippen LogP contribution in [-0.4, -0.2) is 30.3 Å². The van der Waals surface area contributed by atoms with Crippen molar-refractivity contribution in [1.29, 1.82) is 0 Å². The maximum absolute atomic E-state index is 12.5. The van der Waals surface area contributed by atoms with Gasteiger partial charge in [-0.15, -0.1) is 0 Å². The Bertz CT molecular complexity index is 594. The van der Waals surface area contributed by atoms with Crippen molar-refractivity contribution in [2.24, 2.45) is 0 Å². The van der Waals surface area contributed by atoms with Crippen molar-refractivity contribution in [3.8, 4) is 0 Å². The molecule has 0 atom stereocenters. The van der Waals surface area contributed by atoms with E-state index in [0.29, 0.717) is 6.42 Å². The van der Waals surface area contributed by atoms with Crippen molar-refractivity contribution >= 4 is 16.6 Å². The standard InChI is InChI=1S/C17H21NO/c1-17(2,18(3)4)16(19)12-14-10-7-9-13-8-5-6-11-15(13)14/h5-11H,12H2,1-4H3. The molecule has 0 saturated carbocycles. The molecule has 2 aromatic rings. The molecule has 0 N–H and O–H groups in total. The van der Waals surface area contributed by atoms with Crippen LogP contribution in [0.4, 0.5) is 0 Å². The molecule has 0 aliphatic heterocycles. The van der Waals surface area contributed by atoms with Crippen LogP contribution in [0.1, 0.15) is 19.4 Å². The molecule has 0 fully saturated rings. The lowest BCUT2D eigenvalue weighted by molar-refractivity contribution is -0.127. The second-order valence-corrected chi connectivity index (χ2v) is 5.69. The van der Waals surface area contributed by atoms with Crippen LogP contribution in [0.15, 0.2) is 42.5 Å². The Hall–Kier alpha value is -1.67. The maximum atomic E-state index is 12.5. The molecular weight excluding hydrogens is 234 g/mol. The molecule has 0 aliphatic carbocycles. The normalized spacial score (nSPS) is 12.1. The van der Waals surface area contributed by atoms with Gasteiger partial charge in [0.15, 0.2) is 5.78 Å². The third kappa shape index (κ3) is 2.69. The van der Waals surface area contributed by atoms with E-state index in [4.69, 9.17) is 0 Å². The van der Waals surface area contributed by atoms with E-state index in [2.05, 4.69) is 18.2 Å². The van der Waals surface area contributed by atoms with E-state index in [1.54, 1.807) is 0 Å². The minimum Gasteiger partial charge on any atom is -0.298 e. The lowest BCUT2D eigenvalue weighted by Crippen LogP contribution is -2.46. The molecule has 2 rings (SSSR count). The van der Waals surface area contributed by atoms with Crippen LogP contribution in [0.3, 0.4) is 0 Å². The topological polar surface area (TPSA) is 20.3 Å². The molecule has 0 aliphatic rings. The Labute approximate surface area is 115 Å². The lowest BCUT2D eigenvalue weighted by atomic mass is 9.90. The average molecular weight is 255 g/mol. The van der Waals surface area contributed by atoms with Gasteiger partial charge < -0.3 is 0 Å². The lowest BCUT2D eigenvalue weighted by Gasteiger charge is -2.31.